The summed E-state index contributed by atoms with van der Waals surface area (Å²) >= 11 is 0. The molecular formula is C19H22N2O6. The average Bonchev–Trinajstić information content (AvgIpc) is 2.64. The largest absolute Gasteiger partial charge is 0.463 e. The first kappa shape index (κ1) is 20.2. The third-order valence-electron chi connectivity index (χ3n) is 3.89. The van der Waals surface area contributed by atoms with Crippen LogP contribution >= 0.6 is 0 Å². The van der Waals surface area contributed by atoms with Crippen molar-refractivity contribution in [3.05, 3.63) is 47.2 Å². The van der Waals surface area contributed by atoms with E-state index in [0.717, 1.165) is 0 Å². The minimum absolute atomic E-state index is 0.0109. The van der Waals surface area contributed by atoms with Gasteiger partial charge in [-0.3, -0.25) is 9.59 Å². The molecule has 8 nitrogen and oxygen atoms in total. The summed E-state index contributed by atoms with van der Waals surface area (Å²) in [5.41, 5.74) is 0.897. The zero-order valence-electron chi connectivity index (χ0n) is 15.2. The predicted octanol–water partition coefficient (Wildman–Crippen LogP) is 1.71. The zero-order valence-corrected chi connectivity index (χ0v) is 15.2. The molecule has 0 aromatic heterocycles. The molecule has 2 rings (SSSR count). The fraction of sp³-hybridized carbons (Fsp3) is 0.368. The maximum Gasteiger partial charge on any atom is 0.338 e. The molecule has 0 bridgehead atoms. The number of rotatable bonds is 8. The van der Waals surface area contributed by atoms with Gasteiger partial charge in [0.25, 0.3) is 0 Å². The Morgan fingerprint density at radius 1 is 1.07 bits per heavy atom. The van der Waals surface area contributed by atoms with Crippen LogP contribution in [-0.2, 0) is 19.1 Å². The van der Waals surface area contributed by atoms with E-state index in [9.17, 15) is 19.2 Å². The lowest BCUT2D eigenvalue weighted by Crippen LogP contribution is -2.50. The van der Waals surface area contributed by atoms with Crippen molar-refractivity contribution in [2.75, 3.05) is 13.2 Å². The number of benzene rings is 1. The van der Waals surface area contributed by atoms with Gasteiger partial charge in [0.05, 0.1) is 30.3 Å². The lowest BCUT2D eigenvalue weighted by Gasteiger charge is -2.26. The van der Waals surface area contributed by atoms with Crippen LogP contribution in [0.4, 0.5) is 4.79 Å². The molecule has 1 aliphatic heterocycles. The normalized spacial score (nSPS) is 16.2. The first-order valence-electron chi connectivity index (χ1n) is 8.64. The summed E-state index contributed by atoms with van der Waals surface area (Å²) in [5, 5.41) is 5.02. The van der Waals surface area contributed by atoms with Crippen LogP contribution in [-0.4, -0.2) is 43.0 Å². The van der Waals surface area contributed by atoms with Crippen molar-refractivity contribution in [3.8, 4) is 0 Å². The lowest BCUT2D eigenvalue weighted by atomic mass is 10.0. The van der Waals surface area contributed by atoms with Crippen LogP contribution in [0.1, 0.15) is 37.0 Å². The third kappa shape index (κ3) is 5.67. The van der Waals surface area contributed by atoms with Crippen molar-refractivity contribution < 1.29 is 28.7 Å². The van der Waals surface area contributed by atoms with Gasteiger partial charge in [-0.1, -0.05) is 30.3 Å². The van der Waals surface area contributed by atoms with Crippen molar-refractivity contribution in [1.82, 2.24) is 10.6 Å². The Labute approximate surface area is 156 Å². The second-order valence-corrected chi connectivity index (χ2v) is 5.88. The van der Waals surface area contributed by atoms with Gasteiger partial charge in [-0.05, 0) is 13.8 Å². The van der Waals surface area contributed by atoms with Crippen LogP contribution in [0.25, 0.3) is 0 Å². The fourth-order valence-electron chi connectivity index (χ4n) is 2.60. The van der Waals surface area contributed by atoms with E-state index in [1.165, 1.54) is 0 Å². The fourth-order valence-corrected chi connectivity index (χ4v) is 2.60. The number of carbonyl (C=O) groups is 4. The Hall–Kier alpha value is -3.16. The molecule has 1 atom stereocenters. The van der Waals surface area contributed by atoms with Gasteiger partial charge in [0, 0.05) is 12.0 Å². The van der Waals surface area contributed by atoms with Gasteiger partial charge in [0.1, 0.15) is 6.61 Å². The summed E-state index contributed by atoms with van der Waals surface area (Å²) in [6.45, 7) is 3.19. The molecule has 0 fully saturated rings. The van der Waals surface area contributed by atoms with Crippen LogP contribution in [0.3, 0.4) is 0 Å². The number of ether oxygens (including phenoxy) is 2. The van der Waals surface area contributed by atoms with Gasteiger partial charge in [-0.25, -0.2) is 9.59 Å². The van der Waals surface area contributed by atoms with E-state index in [0.29, 0.717) is 5.56 Å². The minimum atomic E-state index is -0.601. The Morgan fingerprint density at radius 3 is 2.44 bits per heavy atom. The second-order valence-electron chi connectivity index (χ2n) is 5.88. The molecule has 0 radical (unpaired) electrons. The molecule has 0 saturated heterocycles. The van der Waals surface area contributed by atoms with E-state index >= 15 is 0 Å². The highest BCUT2D eigenvalue weighted by Crippen LogP contribution is 2.15. The second kappa shape index (κ2) is 9.51. The third-order valence-corrected chi connectivity index (χ3v) is 3.89. The molecular weight excluding hydrogens is 352 g/mol. The van der Waals surface area contributed by atoms with Gasteiger partial charge >= 0.3 is 18.0 Å². The molecule has 1 aromatic carbocycles. The molecule has 0 spiro atoms. The molecule has 2 amide bonds. The van der Waals surface area contributed by atoms with Gasteiger partial charge in [0.2, 0.25) is 0 Å². The summed E-state index contributed by atoms with van der Waals surface area (Å²) in [5.74, 6) is -1.36. The number of hydrogen-bond acceptors (Lipinski definition) is 6. The highest BCUT2D eigenvalue weighted by molar-refractivity contribution is 5.97. The van der Waals surface area contributed by atoms with Gasteiger partial charge in [-0.2, -0.15) is 0 Å². The summed E-state index contributed by atoms with van der Waals surface area (Å²) in [6.07, 6.45) is -0.0888. The van der Waals surface area contributed by atoms with Gasteiger partial charge < -0.3 is 20.1 Å². The monoisotopic (exact) mass is 374 g/mol. The Balaban J connectivity index is 1.94. The zero-order chi connectivity index (χ0) is 19.8. The van der Waals surface area contributed by atoms with E-state index in [2.05, 4.69) is 10.6 Å². The molecule has 27 heavy (non-hydrogen) atoms. The van der Waals surface area contributed by atoms with Crippen LogP contribution < -0.4 is 10.6 Å². The van der Waals surface area contributed by atoms with Crippen molar-refractivity contribution in [2.24, 2.45) is 0 Å². The summed E-state index contributed by atoms with van der Waals surface area (Å²) in [7, 11) is 0. The molecule has 8 heteroatoms. The first-order valence-corrected chi connectivity index (χ1v) is 8.64. The summed E-state index contributed by atoms with van der Waals surface area (Å²) in [4.78, 5) is 47.7. The van der Waals surface area contributed by atoms with Crippen molar-refractivity contribution >= 4 is 23.8 Å². The number of hydrogen-bond donors (Lipinski definition) is 2. The Bertz CT molecular complexity index is 757. The number of urea groups is 1. The highest BCUT2D eigenvalue weighted by Gasteiger charge is 2.30. The average molecular weight is 374 g/mol. The van der Waals surface area contributed by atoms with Crippen LogP contribution in [0.5, 0.6) is 0 Å². The predicted molar refractivity (Wildman–Crippen MR) is 95.8 cm³/mol. The molecule has 1 aliphatic rings. The molecule has 1 heterocycles. The van der Waals surface area contributed by atoms with E-state index < -0.39 is 24.0 Å². The lowest BCUT2D eigenvalue weighted by molar-refractivity contribution is -0.143. The van der Waals surface area contributed by atoms with E-state index in [4.69, 9.17) is 9.47 Å². The van der Waals surface area contributed by atoms with E-state index in [1.807, 2.05) is 0 Å². The van der Waals surface area contributed by atoms with Gasteiger partial charge in [-0.15, -0.1) is 0 Å². The number of carbonyl (C=O) groups excluding carboxylic acids is 4. The highest BCUT2D eigenvalue weighted by atomic mass is 16.5. The first-order chi connectivity index (χ1) is 12.9. The van der Waals surface area contributed by atoms with Crippen LogP contribution in [0, 0.1) is 0 Å². The topological polar surface area (TPSA) is 111 Å². The molecule has 1 aromatic rings. The standard InChI is InChI=1S/C19H22N2O6/c1-3-26-18(24)17-12(2)20-19(25)21-14(17)11-27-16(23)10-9-15(22)13-7-5-4-6-8-13/h4-8,12H,3,9-11H2,1-2H3,(H2,20,21,25). The van der Waals surface area contributed by atoms with Crippen molar-refractivity contribution in [2.45, 2.75) is 32.7 Å². The van der Waals surface area contributed by atoms with Crippen LogP contribution in [0.15, 0.2) is 41.6 Å². The summed E-state index contributed by atoms with van der Waals surface area (Å²) in [6, 6.07) is 7.57. The molecule has 2 N–H and O–H groups in total. The molecule has 0 aliphatic carbocycles. The van der Waals surface area contributed by atoms with Gasteiger partial charge in [0.15, 0.2) is 5.78 Å². The SMILES string of the molecule is CCOC(=O)C1=C(COC(=O)CCC(=O)c2ccccc2)NC(=O)NC1C. The maximum absolute atomic E-state index is 12.1. The van der Waals surface area contributed by atoms with Crippen LogP contribution in [0.2, 0.25) is 0 Å². The van der Waals surface area contributed by atoms with E-state index in [-0.39, 0.29) is 43.1 Å². The smallest absolute Gasteiger partial charge is 0.338 e. The number of nitrogens with one attached hydrogen (secondary N) is 2. The minimum Gasteiger partial charge on any atom is -0.463 e. The molecule has 1 unspecified atom stereocenters. The Kier molecular flexibility index (Phi) is 7.10. The molecule has 144 valence electrons. The number of Topliss-reactive ketones (excluding diaryl/α,β-unsaturated/α-hetero) is 1. The number of ketones is 1. The number of amides is 2. The number of esters is 2. The summed E-state index contributed by atoms with van der Waals surface area (Å²) < 4.78 is 10.1. The van der Waals surface area contributed by atoms with Crippen molar-refractivity contribution in [3.63, 3.8) is 0 Å². The maximum atomic E-state index is 12.1. The molecule has 0 saturated carbocycles. The van der Waals surface area contributed by atoms with Crippen molar-refractivity contribution in [1.29, 1.82) is 0 Å². The quantitative estimate of drug-likeness (QED) is 0.529. The Morgan fingerprint density at radius 2 is 1.78 bits per heavy atom. The van der Waals surface area contributed by atoms with E-state index in [1.54, 1.807) is 44.2 Å².